The summed E-state index contributed by atoms with van der Waals surface area (Å²) in [6.45, 7) is 4.35. The molecule has 0 fully saturated rings. The van der Waals surface area contributed by atoms with Crippen molar-refractivity contribution in [2.24, 2.45) is 0 Å². The second-order valence-electron chi connectivity index (χ2n) is 4.92. The summed E-state index contributed by atoms with van der Waals surface area (Å²) in [5, 5.41) is 5.60. The molecule has 1 aromatic carbocycles. The highest BCUT2D eigenvalue weighted by molar-refractivity contribution is 5.94. The van der Waals surface area contributed by atoms with Crippen LogP contribution in [0, 0.1) is 0 Å². The number of hydrogen-bond donors (Lipinski definition) is 1. The third-order valence-corrected chi connectivity index (χ3v) is 3.37. The smallest absolute Gasteiger partial charge is 0.161 e. The van der Waals surface area contributed by atoms with Gasteiger partial charge in [-0.15, -0.1) is 0 Å². The number of nitrogens with one attached hydrogen (secondary N) is 1. The fourth-order valence-corrected chi connectivity index (χ4v) is 2.35. The zero-order valence-corrected chi connectivity index (χ0v) is 12.6. The lowest BCUT2D eigenvalue weighted by Gasteiger charge is -2.16. The van der Waals surface area contributed by atoms with E-state index in [1.165, 1.54) is 0 Å². The molecule has 4 nitrogen and oxygen atoms in total. The lowest BCUT2D eigenvalue weighted by molar-refractivity contribution is 0.356. The number of fused-ring (bicyclic) bond motifs is 1. The number of aromatic nitrogens is 1. The number of ether oxygens (including phenoxy) is 2. The number of rotatable bonds is 6. The molecule has 0 saturated heterocycles. The molecule has 1 N–H and O–H groups in total. The molecule has 20 heavy (non-hydrogen) atoms. The van der Waals surface area contributed by atoms with Crippen LogP contribution in [0.5, 0.6) is 11.5 Å². The zero-order valence-electron chi connectivity index (χ0n) is 12.6. The van der Waals surface area contributed by atoms with Crippen molar-refractivity contribution in [3.8, 4) is 11.5 Å². The molecule has 2 rings (SSSR count). The van der Waals surface area contributed by atoms with Crippen LogP contribution in [0.15, 0.2) is 24.4 Å². The first-order valence-corrected chi connectivity index (χ1v) is 6.96. The van der Waals surface area contributed by atoms with Crippen molar-refractivity contribution in [3.05, 3.63) is 24.4 Å². The Morgan fingerprint density at radius 1 is 1.20 bits per heavy atom. The Kier molecular flexibility index (Phi) is 4.66. The summed E-state index contributed by atoms with van der Waals surface area (Å²) >= 11 is 0. The molecule has 2 aromatic rings. The van der Waals surface area contributed by atoms with E-state index in [1.54, 1.807) is 14.2 Å². The van der Waals surface area contributed by atoms with Gasteiger partial charge in [0.25, 0.3) is 0 Å². The van der Waals surface area contributed by atoms with Gasteiger partial charge < -0.3 is 14.8 Å². The summed E-state index contributed by atoms with van der Waals surface area (Å²) in [6, 6.07) is 6.33. The molecule has 0 spiro atoms. The lowest BCUT2D eigenvalue weighted by atomic mass is 10.1. The van der Waals surface area contributed by atoms with Crippen LogP contribution in [0.4, 0.5) is 5.82 Å². The SMILES string of the molecule is CCCC(C)Nc1nccc2cc(OC)c(OC)cc12. The fourth-order valence-electron chi connectivity index (χ4n) is 2.35. The van der Waals surface area contributed by atoms with E-state index in [2.05, 4.69) is 24.1 Å². The predicted molar refractivity (Wildman–Crippen MR) is 82.8 cm³/mol. The van der Waals surface area contributed by atoms with Crippen LogP contribution in [0.1, 0.15) is 26.7 Å². The summed E-state index contributed by atoms with van der Waals surface area (Å²) in [4.78, 5) is 4.45. The molecule has 0 bridgehead atoms. The van der Waals surface area contributed by atoms with Crippen molar-refractivity contribution >= 4 is 16.6 Å². The van der Waals surface area contributed by atoms with Crippen molar-refractivity contribution in [3.63, 3.8) is 0 Å². The van der Waals surface area contributed by atoms with Crippen LogP contribution in [-0.4, -0.2) is 25.2 Å². The number of hydrogen-bond acceptors (Lipinski definition) is 4. The third-order valence-electron chi connectivity index (χ3n) is 3.37. The molecule has 1 aromatic heterocycles. The van der Waals surface area contributed by atoms with Gasteiger partial charge >= 0.3 is 0 Å². The molecule has 108 valence electrons. The highest BCUT2D eigenvalue weighted by Crippen LogP contribution is 2.34. The maximum Gasteiger partial charge on any atom is 0.161 e. The van der Waals surface area contributed by atoms with E-state index in [0.29, 0.717) is 6.04 Å². The average Bonchev–Trinajstić information content (AvgIpc) is 2.46. The van der Waals surface area contributed by atoms with E-state index in [0.717, 1.165) is 40.9 Å². The highest BCUT2D eigenvalue weighted by Gasteiger charge is 2.11. The van der Waals surface area contributed by atoms with Gasteiger partial charge in [-0.2, -0.15) is 0 Å². The summed E-state index contributed by atoms with van der Waals surface area (Å²) in [6.07, 6.45) is 4.08. The molecule has 1 heterocycles. The predicted octanol–water partition coefficient (Wildman–Crippen LogP) is 3.85. The molecule has 0 aliphatic rings. The van der Waals surface area contributed by atoms with E-state index in [-0.39, 0.29) is 0 Å². The summed E-state index contributed by atoms with van der Waals surface area (Å²) in [5.74, 6) is 2.35. The van der Waals surface area contributed by atoms with Crippen LogP contribution < -0.4 is 14.8 Å². The van der Waals surface area contributed by atoms with E-state index in [1.807, 2.05) is 24.4 Å². The summed E-state index contributed by atoms with van der Waals surface area (Å²) in [7, 11) is 3.29. The van der Waals surface area contributed by atoms with Gasteiger partial charge in [-0.1, -0.05) is 13.3 Å². The minimum atomic E-state index is 0.395. The lowest BCUT2D eigenvalue weighted by Crippen LogP contribution is -2.15. The molecule has 1 atom stereocenters. The van der Waals surface area contributed by atoms with E-state index >= 15 is 0 Å². The van der Waals surface area contributed by atoms with Gasteiger partial charge in [0.15, 0.2) is 11.5 Å². The first-order valence-electron chi connectivity index (χ1n) is 6.96. The van der Waals surface area contributed by atoms with Gasteiger partial charge in [0.1, 0.15) is 5.82 Å². The summed E-state index contributed by atoms with van der Waals surface area (Å²) in [5.41, 5.74) is 0. The van der Waals surface area contributed by atoms with Gasteiger partial charge in [0, 0.05) is 17.6 Å². The summed E-state index contributed by atoms with van der Waals surface area (Å²) < 4.78 is 10.7. The van der Waals surface area contributed by atoms with Crippen molar-refractivity contribution in [1.82, 2.24) is 4.98 Å². The van der Waals surface area contributed by atoms with Crippen LogP contribution in [0.2, 0.25) is 0 Å². The van der Waals surface area contributed by atoms with Gasteiger partial charge in [-0.05, 0) is 36.9 Å². The number of pyridine rings is 1. The maximum atomic E-state index is 5.37. The first-order chi connectivity index (χ1) is 9.69. The molecule has 1 unspecified atom stereocenters. The molecule has 4 heteroatoms. The van der Waals surface area contributed by atoms with Crippen molar-refractivity contribution in [2.45, 2.75) is 32.7 Å². The van der Waals surface area contributed by atoms with Gasteiger partial charge in [-0.3, -0.25) is 0 Å². The molecule has 0 aliphatic heterocycles. The van der Waals surface area contributed by atoms with Gasteiger partial charge in [-0.25, -0.2) is 4.98 Å². The minimum Gasteiger partial charge on any atom is -0.493 e. The number of benzene rings is 1. The first kappa shape index (κ1) is 14.4. The van der Waals surface area contributed by atoms with E-state index < -0.39 is 0 Å². The minimum absolute atomic E-state index is 0.395. The standard InChI is InChI=1S/C16H22N2O2/c1-5-6-11(2)18-16-13-10-15(20-4)14(19-3)9-12(13)7-8-17-16/h7-11H,5-6H2,1-4H3,(H,17,18). The van der Waals surface area contributed by atoms with E-state index in [9.17, 15) is 0 Å². The molecule has 0 amide bonds. The normalized spacial score (nSPS) is 12.2. The average molecular weight is 274 g/mol. The van der Waals surface area contributed by atoms with Crippen LogP contribution >= 0.6 is 0 Å². The number of anilines is 1. The van der Waals surface area contributed by atoms with Crippen molar-refractivity contribution < 1.29 is 9.47 Å². The maximum absolute atomic E-state index is 5.37. The second-order valence-corrected chi connectivity index (χ2v) is 4.92. The van der Waals surface area contributed by atoms with Crippen molar-refractivity contribution in [1.29, 1.82) is 0 Å². The Labute approximate surface area is 120 Å². The van der Waals surface area contributed by atoms with E-state index in [4.69, 9.17) is 9.47 Å². The Balaban J connectivity index is 2.45. The molecular formula is C16H22N2O2. The Hall–Kier alpha value is -1.97. The zero-order chi connectivity index (χ0) is 14.5. The number of nitrogens with zero attached hydrogens (tertiary/aromatic N) is 1. The number of methoxy groups -OCH3 is 2. The van der Waals surface area contributed by atoms with Crippen LogP contribution in [-0.2, 0) is 0 Å². The molecular weight excluding hydrogens is 252 g/mol. The second kappa shape index (κ2) is 6.46. The molecule has 0 radical (unpaired) electrons. The Morgan fingerprint density at radius 2 is 1.90 bits per heavy atom. The quantitative estimate of drug-likeness (QED) is 0.868. The Bertz CT molecular complexity index is 584. The highest BCUT2D eigenvalue weighted by atomic mass is 16.5. The third kappa shape index (κ3) is 2.95. The van der Waals surface area contributed by atoms with Crippen LogP contribution in [0.25, 0.3) is 10.8 Å². The van der Waals surface area contributed by atoms with Crippen molar-refractivity contribution in [2.75, 3.05) is 19.5 Å². The van der Waals surface area contributed by atoms with Crippen LogP contribution in [0.3, 0.4) is 0 Å². The molecule has 0 aliphatic carbocycles. The van der Waals surface area contributed by atoms with Gasteiger partial charge in [0.2, 0.25) is 0 Å². The topological polar surface area (TPSA) is 43.4 Å². The molecule has 0 saturated carbocycles. The fraction of sp³-hybridized carbons (Fsp3) is 0.438. The monoisotopic (exact) mass is 274 g/mol. The van der Waals surface area contributed by atoms with Gasteiger partial charge in [0.05, 0.1) is 14.2 Å². The largest absolute Gasteiger partial charge is 0.493 e. The Morgan fingerprint density at radius 3 is 2.55 bits per heavy atom.